The van der Waals surface area contributed by atoms with Gasteiger partial charge < -0.3 is 15.0 Å². The summed E-state index contributed by atoms with van der Waals surface area (Å²) in [6.07, 6.45) is 3.71. The first kappa shape index (κ1) is 16.7. The van der Waals surface area contributed by atoms with Crippen molar-refractivity contribution in [1.29, 1.82) is 0 Å². The summed E-state index contributed by atoms with van der Waals surface area (Å²) >= 11 is 0. The molecule has 0 aliphatic heterocycles. The second-order valence-electron chi connectivity index (χ2n) is 4.74. The molecule has 0 radical (unpaired) electrons. The van der Waals surface area contributed by atoms with Gasteiger partial charge in [0, 0.05) is 39.9 Å². The van der Waals surface area contributed by atoms with Crippen LogP contribution in [0.4, 0.5) is 5.69 Å². The van der Waals surface area contributed by atoms with Crippen molar-refractivity contribution in [3.05, 3.63) is 22.6 Å². The Hall–Kier alpha value is -1.40. The molecule has 0 spiro atoms. The summed E-state index contributed by atoms with van der Waals surface area (Å²) in [5.74, 6) is 0. The van der Waals surface area contributed by atoms with Gasteiger partial charge in [0.25, 0.3) is 5.56 Å². The highest BCUT2D eigenvalue weighted by Crippen LogP contribution is 2.05. The van der Waals surface area contributed by atoms with Crippen LogP contribution in [0.1, 0.15) is 19.8 Å². The van der Waals surface area contributed by atoms with Crippen LogP contribution in [-0.4, -0.2) is 50.2 Å². The fourth-order valence-corrected chi connectivity index (χ4v) is 1.79. The first-order chi connectivity index (χ1) is 9.69. The Bertz CT molecular complexity index is 433. The van der Waals surface area contributed by atoms with Gasteiger partial charge >= 0.3 is 0 Å². The van der Waals surface area contributed by atoms with Crippen LogP contribution in [0.3, 0.4) is 0 Å². The zero-order valence-corrected chi connectivity index (χ0v) is 12.8. The fraction of sp³-hybridized carbons (Fsp3) is 0.714. The highest BCUT2D eigenvalue weighted by atomic mass is 16.5. The Morgan fingerprint density at radius 3 is 2.85 bits per heavy atom. The Morgan fingerprint density at radius 2 is 2.20 bits per heavy atom. The third-order valence-corrected chi connectivity index (χ3v) is 3.23. The Balaban J connectivity index is 2.32. The summed E-state index contributed by atoms with van der Waals surface area (Å²) in [7, 11) is 3.64. The van der Waals surface area contributed by atoms with Crippen molar-refractivity contribution in [3.8, 4) is 0 Å². The molecular formula is C14H26N4O2. The largest absolute Gasteiger partial charge is 0.383 e. The molecule has 0 aliphatic rings. The van der Waals surface area contributed by atoms with Gasteiger partial charge in [0.1, 0.15) is 0 Å². The minimum atomic E-state index is -0.0323. The molecule has 1 N–H and O–H groups in total. The molecule has 114 valence electrons. The number of hydrogen-bond acceptors (Lipinski definition) is 5. The molecular weight excluding hydrogens is 256 g/mol. The van der Waals surface area contributed by atoms with E-state index < -0.39 is 0 Å². The van der Waals surface area contributed by atoms with Gasteiger partial charge in [0.15, 0.2) is 0 Å². The molecule has 0 fully saturated rings. The smallest absolute Gasteiger partial charge is 0.268 e. The molecule has 1 heterocycles. The van der Waals surface area contributed by atoms with Crippen molar-refractivity contribution in [3.63, 3.8) is 0 Å². The molecule has 20 heavy (non-hydrogen) atoms. The molecule has 0 bridgehead atoms. The number of hydrogen-bond donors (Lipinski definition) is 1. The average molecular weight is 282 g/mol. The maximum absolute atomic E-state index is 11.9. The zero-order valence-electron chi connectivity index (χ0n) is 12.8. The van der Waals surface area contributed by atoms with Crippen molar-refractivity contribution in [1.82, 2.24) is 15.1 Å². The lowest BCUT2D eigenvalue weighted by Crippen LogP contribution is -2.26. The van der Waals surface area contributed by atoms with Crippen LogP contribution in [0.2, 0.25) is 0 Å². The standard InChI is InChI=1S/C14H26N4O2/c1-4-17(2)13-11-14(19)18(16-12-13)9-6-5-7-15-8-10-20-3/h11-12,15H,4-10H2,1-3H3. The van der Waals surface area contributed by atoms with Crippen molar-refractivity contribution in [2.24, 2.45) is 0 Å². The quantitative estimate of drug-likeness (QED) is 0.641. The van der Waals surface area contributed by atoms with E-state index >= 15 is 0 Å². The molecule has 0 saturated carbocycles. The predicted molar refractivity (Wildman–Crippen MR) is 81.4 cm³/mol. The SMILES string of the molecule is CCN(C)c1cnn(CCCCNCCOC)c(=O)c1. The minimum absolute atomic E-state index is 0.0323. The van der Waals surface area contributed by atoms with Gasteiger partial charge in [-0.25, -0.2) is 4.68 Å². The number of nitrogens with one attached hydrogen (secondary N) is 1. The average Bonchev–Trinajstić information content (AvgIpc) is 2.46. The third-order valence-electron chi connectivity index (χ3n) is 3.23. The van der Waals surface area contributed by atoms with E-state index in [1.165, 1.54) is 4.68 Å². The summed E-state index contributed by atoms with van der Waals surface area (Å²) in [5, 5.41) is 7.50. The number of unbranched alkanes of at least 4 members (excludes halogenated alkanes) is 1. The molecule has 1 aromatic rings. The molecule has 0 saturated heterocycles. The first-order valence-corrected chi connectivity index (χ1v) is 7.17. The number of methoxy groups -OCH3 is 1. The lowest BCUT2D eigenvalue weighted by Gasteiger charge is -2.16. The second kappa shape index (κ2) is 9.50. The van der Waals surface area contributed by atoms with Crippen LogP contribution in [0.25, 0.3) is 0 Å². The maximum Gasteiger partial charge on any atom is 0.268 e. The van der Waals surface area contributed by atoms with E-state index in [1.54, 1.807) is 19.4 Å². The monoisotopic (exact) mass is 282 g/mol. The van der Waals surface area contributed by atoms with Gasteiger partial charge in [0.2, 0.25) is 0 Å². The first-order valence-electron chi connectivity index (χ1n) is 7.17. The Kier molecular flexibility index (Phi) is 7.91. The Morgan fingerprint density at radius 1 is 1.40 bits per heavy atom. The highest BCUT2D eigenvalue weighted by Gasteiger charge is 2.03. The van der Waals surface area contributed by atoms with Gasteiger partial charge in [-0.1, -0.05) is 0 Å². The summed E-state index contributed by atoms with van der Waals surface area (Å²) < 4.78 is 6.48. The third kappa shape index (κ3) is 5.71. The number of aryl methyl sites for hydroxylation is 1. The van der Waals surface area contributed by atoms with E-state index in [2.05, 4.69) is 10.4 Å². The van der Waals surface area contributed by atoms with E-state index in [4.69, 9.17) is 4.74 Å². The normalized spacial score (nSPS) is 10.8. The lowest BCUT2D eigenvalue weighted by atomic mass is 10.3. The minimum Gasteiger partial charge on any atom is -0.383 e. The molecule has 6 nitrogen and oxygen atoms in total. The number of nitrogens with zero attached hydrogens (tertiary/aromatic N) is 3. The van der Waals surface area contributed by atoms with Crippen molar-refractivity contribution in [2.75, 3.05) is 45.3 Å². The summed E-state index contributed by atoms with van der Waals surface area (Å²) in [4.78, 5) is 13.9. The highest BCUT2D eigenvalue weighted by molar-refractivity contribution is 5.41. The van der Waals surface area contributed by atoms with Crippen molar-refractivity contribution >= 4 is 5.69 Å². The fourth-order valence-electron chi connectivity index (χ4n) is 1.79. The number of aromatic nitrogens is 2. The van der Waals surface area contributed by atoms with E-state index in [9.17, 15) is 4.79 Å². The van der Waals surface area contributed by atoms with Gasteiger partial charge in [-0.05, 0) is 26.3 Å². The van der Waals surface area contributed by atoms with Crippen LogP contribution in [0.5, 0.6) is 0 Å². The molecule has 1 aromatic heterocycles. The molecule has 1 rings (SSSR count). The van der Waals surface area contributed by atoms with Gasteiger partial charge in [-0.15, -0.1) is 0 Å². The predicted octanol–water partition coefficient (Wildman–Crippen LogP) is 0.716. The second-order valence-corrected chi connectivity index (χ2v) is 4.74. The van der Waals surface area contributed by atoms with Gasteiger partial charge in [0.05, 0.1) is 18.5 Å². The van der Waals surface area contributed by atoms with Gasteiger partial charge in [-0.2, -0.15) is 5.10 Å². The number of rotatable bonds is 10. The van der Waals surface area contributed by atoms with Crippen LogP contribution in [0, 0.1) is 0 Å². The maximum atomic E-state index is 11.9. The molecule has 0 atom stereocenters. The molecule has 0 unspecified atom stereocenters. The zero-order chi connectivity index (χ0) is 14.8. The molecule has 0 aromatic carbocycles. The number of ether oxygens (including phenoxy) is 1. The molecule has 0 aliphatic carbocycles. The van der Waals surface area contributed by atoms with Crippen molar-refractivity contribution in [2.45, 2.75) is 26.3 Å². The lowest BCUT2D eigenvalue weighted by molar-refractivity contribution is 0.199. The summed E-state index contributed by atoms with van der Waals surface area (Å²) in [6.45, 7) is 6.11. The van der Waals surface area contributed by atoms with Crippen LogP contribution < -0.4 is 15.8 Å². The van der Waals surface area contributed by atoms with Crippen LogP contribution in [0.15, 0.2) is 17.1 Å². The Labute approximate surface area is 120 Å². The summed E-state index contributed by atoms with van der Waals surface area (Å²) in [5.41, 5.74) is 0.838. The number of anilines is 1. The molecule has 0 amide bonds. The van der Waals surface area contributed by atoms with Crippen molar-refractivity contribution < 1.29 is 4.74 Å². The summed E-state index contributed by atoms with van der Waals surface area (Å²) in [6, 6.07) is 1.65. The van der Waals surface area contributed by atoms with E-state index in [1.807, 2.05) is 18.9 Å². The van der Waals surface area contributed by atoms with E-state index in [-0.39, 0.29) is 5.56 Å². The topological polar surface area (TPSA) is 59.4 Å². The van der Waals surface area contributed by atoms with Gasteiger partial charge in [-0.3, -0.25) is 4.79 Å². The molecule has 6 heteroatoms. The van der Waals surface area contributed by atoms with E-state index in [0.29, 0.717) is 6.54 Å². The van der Waals surface area contributed by atoms with Crippen LogP contribution in [-0.2, 0) is 11.3 Å². The van der Waals surface area contributed by atoms with Crippen LogP contribution >= 0.6 is 0 Å². The van der Waals surface area contributed by atoms with E-state index in [0.717, 1.165) is 44.8 Å².